The topological polar surface area (TPSA) is 70.9 Å². The number of fused-ring (bicyclic) bond motifs is 1. The fourth-order valence-electron chi connectivity index (χ4n) is 2.66. The van der Waals surface area contributed by atoms with Gasteiger partial charge < -0.3 is 5.11 Å². The van der Waals surface area contributed by atoms with Crippen molar-refractivity contribution in [1.29, 1.82) is 0 Å². The number of carboxylic acids is 1. The van der Waals surface area contributed by atoms with Crippen molar-refractivity contribution in [3.8, 4) is 17.1 Å². The predicted octanol–water partition coefficient (Wildman–Crippen LogP) is 5.30. The SMILES string of the molecule is O=C(O)c1sc2cc(-n3c(-c4ccc(F)cc4)n[nH]c3=S)ccc2c1Cl. The average molecular weight is 406 g/mol. The molecule has 2 N–H and O–H groups in total. The van der Waals surface area contributed by atoms with Gasteiger partial charge in [0.2, 0.25) is 0 Å². The molecule has 130 valence electrons. The maximum atomic E-state index is 13.2. The first-order valence-electron chi connectivity index (χ1n) is 7.35. The van der Waals surface area contributed by atoms with Gasteiger partial charge in [-0.15, -0.1) is 11.3 Å². The molecule has 0 saturated heterocycles. The molecule has 2 heterocycles. The van der Waals surface area contributed by atoms with Crippen LogP contribution in [0.1, 0.15) is 9.67 Å². The fraction of sp³-hybridized carbons (Fsp3) is 0. The summed E-state index contributed by atoms with van der Waals surface area (Å²) >= 11 is 12.6. The lowest BCUT2D eigenvalue weighted by Crippen LogP contribution is -1.97. The highest BCUT2D eigenvalue weighted by molar-refractivity contribution is 7.71. The quantitative estimate of drug-likeness (QED) is 0.453. The number of nitrogens with zero attached hydrogens (tertiary/aromatic N) is 2. The lowest BCUT2D eigenvalue weighted by Gasteiger charge is -2.07. The standard InChI is InChI=1S/C17H9ClFN3O2S2/c18-13-11-6-5-10(7-12(11)26-14(13)16(23)24)22-15(20-21-17(22)25)8-1-3-9(19)4-2-8/h1-7H,(H,21,25)(H,23,24). The zero-order valence-corrected chi connectivity index (χ0v) is 15.3. The number of nitrogens with one attached hydrogen (secondary N) is 1. The monoisotopic (exact) mass is 405 g/mol. The molecular weight excluding hydrogens is 397 g/mol. The first-order chi connectivity index (χ1) is 12.5. The van der Waals surface area contributed by atoms with Crippen LogP contribution in [0.5, 0.6) is 0 Å². The number of carbonyl (C=O) groups is 1. The minimum atomic E-state index is -1.07. The van der Waals surface area contributed by atoms with Gasteiger partial charge in [-0.3, -0.25) is 9.67 Å². The lowest BCUT2D eigenvalue weighted by atomic mass is 10.2. The third-order valence-electron chi connectivity index (χ3n) is 3.84. The van der Waals surface area contributed by atoms with Crippen LogP contribution in [0.3, 0.4) is 0 Å². The van der Waals surface area contributed by atoms with E-state index in [2.05, 4.69) is 10.2 Å². The van der Waals surface area contributed by atoms with Gasteiger partial charge in [-0.25, -0.2) is 9.18 Å². The van der Waals surface area contributed by atoms with Crippen LogP contribution in [-0.2, 0) is 0 Å². The van der Waals surface area contributed by atoms with E-state index in [-0.39, 0.29) is 15.7 Å². The normalized spacial score (nSPS) is 11.2. The maximum absolute atomic E-state index is 13.2. The molecule has 0 amide bonds. The van der Waals surface area contributed by atoms with Crippen molar-refractivity contribution in [2.75, 3.05) is 0 Å². The number of aromatic amines is 1. The van der Waals surface area contributed by atoms with Gasteiger partial charge >= 0.3 is 5.97 Å². The summed E-state index contributed by atoms with van der Waals surface area (Å²) < 4.78 is 16.0. The molecule has 0 aliphatic rings. The second-order valence-electron chi connectivity index (χ2n) is 5.43. The largest absolute Gasteiger partial charge is 0.477 e. The maximum Gasteiger partial charge on any atom is 0.347 e. The van der Waals surface area contributed by atoms with Crippen LogP contribution < -0.4 is 0 Å². The number of thiophene rings is 1. The average Bonchev–Trinajstić information content (AvgIpc) is 3.16. The summed E-state index contributed by atoms with van der Waals surface area (Å²) in [5.74, 6) is -0.884. The van der Waals surface area contributed by atoms with Gasteiger partial charge in [-0.2, -0.15) is 5.10 Å². The van der Waals surface area contributed by atoms with E-state index in [4.69, 9.17) is 23.8 Å². The van der Waals surface area contributed by atoms with E-state index in [0.29, 0.717) is 27.2 Å². The van der Waals surface area contributed by atoms with Crippen molar-refractivity contribution < 1.29 is 14.3 Å². The van der Waals surface area contributed by atoms with Gasteiger partial charge in [0.15, 0.2) is 10.6 Å². The van der Waals surface area contributed by atoms with Gasteiger partial charge in [-0.1, -0.05) is 11.6 Å². The van der Waals surface area contributed by atoms with Crippen molar-refractivity contribution in [2.45, 2.75) is 0 Å². The van der Waals surface area contributed by atoms with Crippen molar-refractivity contribution in [1.82, 2.24) is 14.8 Å². The molecule has 0 bridgehead atoms. The Hall–Kier alpha value is -2.55. The smallest absolute Gasteiger partial charge is 0.347 e. The van der Waals surface area contributed by atoms with E-state index >= 15 is 0 Å². The van der Waals surface area contributed by atoms with Gasteiger partial charge in [0.05, 0.1) is 10.7 Å². The van der Waals surface area contributed by atoms with Crippen molar-refractivity contribution in [2.24, 2.45) is 0 Å². The molecule has 26 heavy (non-hydrogen) atoms. The number of benzene rings is 2. The van der Waals surface area contributed by atoms with Crippen LogP contribution in [0.25, 0.3) is 27.2 Å². The van der Waals surface area contributed by atoms with Crippen LogP contribution in [-0.4, -0.2) is 25.8 Å². The van der Waals surface area contributed by atoms with Crippen molar-refractivity contribution >= 4 is 51.2 Å². The van der Waals surface area contributed by atoms with Crippen LogP contribution >= 0.6 is 35.2 Å². The summed E-state index contributed by atoms with van der Waals surface area (Å²) in [6, 6.07) is 11.2. The zero-order valence-electron chi connectivity index (χ0n) is 12.9. The molecule has 0 radical (unpaired) electrons. The highest BCUT2D eigenvalue weighted by Gasteiger charge is 2.18. The van der Waals surface area contributed by atoms with Gasteiger partial charge in [0.25, 0.3) is 0 Å². The molecule has 0 saturated carbocycles. The molecule has 4 aromatic rings. The van der Waals surface area contributed by atoms with E-state index in [1.54, 1.807) is 34.9 Å². The number of hydrogen-bond acceptors (Lipinski definition) is 4. The summed E-state index contributed by atoms with van der Waals surface area (Å²) in [5.41, 5.74) is 1.39. The van der Waals surface area contributed by atoms with Gasteiger partial charge in [0.1, 0.15) is 10.7 Å². The highest BCUT2D eigenvalue weighted by Crippen LogP contribution is 2.37. The molecule has 0 aliphatic carbocycles. The summed E-state index contributed by atoms with van der Waals surface area (Å²) in [6.07, 6.45) is 0. The molecular formula is C17H9ClFN3O2S2. The molecule has 2 aromatic carbocycles. The van der Waals surface area contributed by atoms with Crippen molar-refractivity contribution in [3.63, 3.8) is 0 Å². The van der Waals surface area contributed by atoms with Crippen LogP contribution in [0.4, 0.5) is 4.39 Å². The second-order valence-corrected chi connectivity index (χ2v) is 7.24. The Kier molecular flexibility index (Phi) is 4.10. The van der Waals surface area contributed by atoms with Gasteiger partial charge in [-0.05, 0) is 54.7 Å². The third kappa shape index (κ3) is 2.72. The number of aromatic carboxylic acids is 1. The summed E-state index contributed by atoms with van der Waals surface area (Å²) in [7, 11) is 0. The minimum Gasteiger partial charge on any atom is -0.477 e. The molecule has 0 fully saturated rings. The first-order valence-corrected chi connectivity index (χ1v) is 8.95. The van der Waals surface area contributed by atoms with E-state index < -0.39 is 5.97 Å². The summed E-state index contributed by atoms with van der Waals surface area (Å²) in [4.78, 5) is 11.4. The Morgan fingerprint density at radius 2 is 2.00 bits per heavy atom. The van der Waals surface area contributed by atoms with E-state index in [0.717, 1.165) is 16.0 Å². The van der Waals surface area contributed by atoms with Crippen molar-refractivity contribution in [3.05, 3.63) is 63.0 Å². The number of rotatable bonds is 3. The molecule has 2 aromatic heterocycles. The molecule has 5 nitrogen and oxygen atoms in total. The molecule has 0 atom stereocenters. The Morgan fingerprint density at radius 3 is 2.69 bits per heavy atom. The van der Waals surface area contributed by atoms with Crippen LogP contribution in [0, 0.1) is 10.6 Å². The van der Waals surface area contributed by atoms with E-state index in [9.17, 15) is 14.3 Å². The number of H-pyrrole nitrogens is 1. The van der Waals surface area contributed by atoms with E-state index in [1.807, 2.05) is 0 Å². The Bertz CT molecular complexity index is 1210. The Morgan fingerprint density at radius 1 is 1.27 bits per heavy atom. The fourth-order valence-corrected chi connectivity index (χ4v) is 4.28. The lowest BCUT2D eigenvalue weighted by molar-refractivity contribution is 0.0702. The molecule has 0 unspecified atom stereocenters. The first kappa shape index (κ1) is 16.9. The molecule has 0 spiro atoms. The Labute approximate surface area is 160 Å². The van der Waals surface area contributed by atoms with Crippen LogP contribution in [0.15, 0.2) is 42.5 Å². The molecule has 4 rings (SSSR count). The molecule has 9 heteroatoms. The summed E-state index contributed by atoms with van der Waals surface area (Å²) in [6.45, 7) is 0. The highest BCUT2D eigenvalue weighted by atomic mass is 35.5. The number of carboxylic acid groups (broad SMARTS) is 1. The zero-order chi connectivity index (χ0) is 18.4. The third-order valence-corrected chi connectivity index (χ3v) is 5.76. The number of halogens is 2. The number of hydrogen-bond donors (Lipinski definition) is 2. The predicted molar refractivity (Wildman–Crippen MR) is 101 cm³/mol. The molecule has 0 aliphatic heterocycles. The summed E-state index contributed by atoms with van der Waals surface area (Å²) in [5, 5.41) is 17.1. The number of aromatic nitrogens is 3. The minimum absolute atomic E-state index is 0.0911. The van der Waals surface area contributed by atoms with Gasteiger partial charge in [0, 0.05) is 15.6 Å². The van der Waals surface area contributed by atoms with Crippen LogP contribution in [0.2, 0.25) is 5.02 Å². The second kappa shape index (κ2) is 6.31. The Balaban J connectivity index is 1.91. The van der Waals surface area contributed by atoms with E-state index in [1.165, 1.54) is 12.1 Å².